The molecule has 9 heteroatoms. The van der Waals surface area contributed by atoms with Crippen LogP contribution in [0.1, 0.15) is 22.0 Å². The molecule has 2 aromatic carbocycles. The topological polar surface area (TPSA) is 87.1 Å². The van der Waals surface area contributed by atoms with Crippen molar-refractivity contribution in [1.29, 1.82) is 0 Å². The van der Waals surface area contributed by atoms with Crippen LogP contribution in [0.3, 0.4) is 0 Å². The quantitative estimate of drug-likeness (QED) is 0.338. The maximum atomic E-state index is 13.8. The number of nitrogens with zero attached hydrogens (tertiary/aromatic N) is 1. The summed E-state index contributed by atoms with van der Waals surface area (Å²) < 4.78 is 32.3. The highest BCUT2D eigenvalue weighted by molar-refractivity contribution is 7.09. The summed E-state index contributed by atoms with van der Waals surface area (Å²) in [5.41, 5.74) is -0.379. The number of aromatic hydroxyl groups is 1. The van der Waals surface area contributed by atoms with Gasteiger partial charge in [-0.25, -0.2) is 8.78 Å². The molecule has 3 aromatic rings. The zero-order valence-corrected chi connectivity index (χ0v) is 17.5. The highest BCUT2D eigenvalue weighted by Crippen LogP contribution is 2.45. The van der Waals surface area contributed by atoms with Crippen molar-refractivity contribution in [2.24, 2.45) is 0 Å². The van der Waals surface area contributed by atoms with Gasteiger partial charge in [0.25, 0.3) is 11.7 Å². The van der Waals surface area contributed by atoms with Crippen LogP contribution in [-0.4, -0.2) is 33.9 Å². The number of carbonyl (C=O) groups excluding carboxylic acids is 2. The number of hydrogen-bond donors (Lipinski definition) is 2. The Hall–Kier alpha value is -3.72. The fourth-order valence-electron chi connectivity index (χ4n) is 3.66. The molecule has 1 atom stereocenters. The molecule has 1 aliphatic heterocycles. The molecule has 0 spiro atoms. The van der Waals surface area contributed by atoms with E-state index in [1.807, 2.05) is 5.38 Å². The lowest BCUT2D eigenvalue weighted by atomic mass is 9.94. The zero-order valence-electron chi connectivity index (χ0n) is 16.7. The Kier molecular flexibility index (Phi) is 5.67. The summed E-state index contributed by atoms with van der Waals surface area (Å²) in [5.74, 6) is -5.12. The first-order valence-corrected chi connectivity index (χ1v) is 10.3. The Bertz CT molecular complexity index is 1240. The Labute approximate surface area is 185 Å². The number of Topliss-reactive ketones (excluding diaryl/α,β-unsaturated/α-hetero) is 1. The minimum atomic E-state index is -1.22. The van der Waals surface area contributed by atoms with Crippen molar-refractivity contribution in [1.82, 2.24) is 4.90 Å². The summed E-state index contributed by atoms with van der Waals surface area (Å²) in [6, 6.07) is 9.59. The number of aliphatic hydroxyl groups is 1. The Morgan fingerprint density at radius 3 is 2.56 bits per heavy atom. The van der Waals surface area contributed by atoms with Crippen molar-refractivity contribution in [2.75, 3.05) is 7.11 Å². The first kappa shape index (κ1) is 21.5. The van der Waals surface area contributed by atoms with Crippen LogP contribution in [0.2, 0.25) is 0 Å². The van der Waals surface area contributed by atoms with Gasteiger partial charge in [0.1, 0.15) is 5.76 Å². The van der Waals surface area contributed by atoms with E-state index < -0.39 is 35.1 Å². The number of rotatable bonds is 5. The number of likely N-dealkylation sites (tertiary alicyclic amines) is 1. The molecule has 0 bridgehead atoms. The van der Waals surface area contributed by atoms with Crippen molar-refractivity contribution in [3.05, 3.63) is 87.1 Å². The van der Waals surface area contributed by atoms with Crippen LogP contribution in [0, 0.1) is 11.6 Å². The number of carbonyl (C=O) groups is 2. The SMILES string of the molecule is COc1cccc(C2/C(=C(\O)c3ccc(F)c(F)c3)C(=O)C(=O)N2Cc2cccs2)c1O. The summed E-state index contributed by atoms with van der Waals surface area (Å²) >= 11 is 1.37. The smallest absolute Gasteiger partial charge is 0.295 e. The van der Waals surface area contributed by atoms with Gasteiger partial charge < -0.3 is 19.8 Å². The van der Waals surface area contributed by atoms with E-state index in [1.54, 1.807) is 18.2 Å². The number of thiophene rings is 1. The predicted molar refractivity (Wildman–Crippen MR) is 113 cm³/mol. The van der Waals surface area contributed by atoms with E-state index >= 15 is 0 Å². The molecule has 1 aromatic heterocycles. The lowest BCUT2D eigenvalue weighted by Crippen LogP contribution is -2.28. The summed E-state index contributed by atoms with van der Waals surface area (Å²) in [4.78, 5) is 27.9. The molecule has 1 saturated heterocycles. The minimum Gasteiger partial charge on any atom is -0.507 e. The summed E-state index contributed by atoms with van der Waals surface area (Å²) in [6.45, 7) is 0.0398. The maximum Gasteiger partial charge on any atom is 0.295 e. The number of para-hydroxylation sites is 1. The van der Waals surface area contributed by atoms with Crippen LogP contribution in [0.5, 0.6) is 11.5 Å². The molecule has 4 rings (SSSR count). The molecular formula is C23H17F2NO5S. The van der Waals surface area contributed by atoms with Gasteiger partial charge in [-0.15, -0.1) is 11.3 Å². The fourth-order valence-corrected chi connectivity index (χ4v) is 4.36. The van der Waals surface area contributed by atoms with E-state index in [1.165, 1.54) is 35.5 Å². The van der Waals surface area contributed by atoms with E-state index in [9.17, 15) is 28.6 Å². The third-order valence-corrected chi connectivity index (χ3v) is 6.05. The fraction of sp³-hybridized carbons (Fsp3) is 0.130. The Morgan fingerprint density at radius 1 is 1.12 bits per heavy atom. The van der Waals surface area contributed by atoms with Crippen LogP contribution in [0.4, 0.5) is 8.78 Å². The first-order chi connectivity index (χ1) is 15.3. The second-order valence-electron chi connectivity index (χ2n) is 7.03. The number of aliphatic hydroxyl groups excluding tert-OH is 1. The van der Waals surface area contributed by atoms with Crippen LogP contribution in [0.25, 0.3) is 5.76 Å². The Morgan fingerprint density at radius 2 is 1.91 bits per heavy atom. The molecule has 2 N–H and O–H groups in total. The van der Waals surface area contributed by atoms with Crippen LogP contribution >= 0.6 is 11.3 Å². The highest BCUT2D eigenvalue weighted by Gasteiger charge is 2.47. The number of methoxy groups -OCH3 is 1. The van der Waals surface area contributed by atoms with Crippen molar-refractivity contribution in [3.63, 3.8) is 0 Å². The van der Waals surface area contributed by atoms with E-state index in [-0.39, 0.29) is 34.7 Å². The van der Waals surface area contributed by atoms with Gasteiger partial charge in [-0.3, -0.25) is 9.59 Å². The van der Waals surface area contributed by atoms with Gasteiger partial charge in [-0.1, -0.05) is 18.2 Å². The Balaban J connectivity index is 1.93. The predicted octanol–water partition coefficient (Wildman–Crippen LogP) is 4.36. The number of ether oxygens (including phenoxy) is 1. The van der Waals surface area contributed by atoms with Crippen molar-refractivity contribution in [3.8, 4) is 11.5 Å². The van der Waals surface area contributed by atoms with Gasteiger partial charge in [-0.2, -0.15) is 0 Å². The van der Waals surface area contributed by atoms with Gasteiger partial charge in [-0.05, 0) is 35.7 Å². The number of halogens is 2. The standard InChI is InChI=1S/C23H17F2NO5S/c1-31-17-6-2-5-14(21(17)28)19-18(20(27)12-7-8-15(24)16(25)10-12)22(29)23(30)26(19)11-13-4-3-9-32-13/h2-10,19,27-28H,11H2,1H3/b20-18+. The van der Waals surface area contributed by atoms with Gasteiger partial charge in [0.05, 0.1) is 25.3 Å². The number of phenols is 1. The number of ketones is 1. The molecule has 0 saturated carbocycles. The van der Waals surface area contributed by atoms with Crippen LogP contribution in [-0.2, 0) is 16.1 Å². The average molecular weight is 457 g/mol. The molecule has 1 amide bonds. The zero-order chi connectivity index (χ0) is 23.0. The monoisotopic (exact) mass is 457 g/mol. The van der Waals surface area contributed by atoms with Crippen LogP contribution in [0.15, 0.2) is 59.5 Å². The van der Waals surface area contributed by atoms with E-state index in [2.05, 4.69) is 0 Å². The number of hydrogen-bond acceptors (Lipinski definition) is 6. The molecule has 1 aliphatic rings. The lowest BCUT2D eigenvalue weighted by Gasteiger charge is -2.26. The normalized spacial score (nSPS) is 17.7. The van der Waals surface area contributed by atoms with Crippen molar-refractivity contribution in [2.45, 2.75) is 12.6 Å². The summed E-state index contributed by atoms with van der Waals surface area (Å²) in [6.07, 6.45) is 0. The molecule has 1 unspecified atom stereocenters. The molecule has 164 valence electrons. The molecule has 2 heterocycles. The maximum absolute atomic E-state index is 13.8. The molecular weight excluding hydrogens is 440 g/mol. The second kappa shape index (κ2) is 8.43. The molecule has 32 heavy (non-hydrogen) atoms. The van der Waals surface area contributed by atoms with Crippen LogP contribution < -0.4 is 4.74 Å². The average Bonchev–Trinajstić information content (AvgIpc) is 3.38. The highest BCUT2D eigenvalue weighted by atomic mass is 32.1. The third kappa shape index (κ3) is 3.60. The van der Waals surface area contributed by atoms with Crippen molar-refractivity contribution >= 4 is 28.8 Å². The first-order valence-electron chi connectivity index (χ1n) is 9.45. The number of benzene rings is 2. The van der Waals surface area contributed by atoms with Gasteiger partial charge >= 0.3 is 0 Å². The van der Waals surface area contributed by atoms with E-state index in [0.29, 0.717) is 0 Å². The minimum absolute atomic E-state index is 0.0398. The molecule has 1 fully saturated rings. The molecule has 6 nitrogen and oxygen atoms in total. The number of phenolic OH excluding ortho intramolecular Hbond substituents is 1. The lowest BCUT2D eigenvalue weighted by molar-refractivity contribution is -0.140. The van der Waals surface area contributed by atoms with Gasteiger partial charge in [0.15, 0.2) is 23.1 Å². The third-order valence-electron chi connectivity index (χ3n) is 5.18. The summed E-state index contributed by atoms with van der Waals surface area (Å²) in [5, 5.41) is 23.4. The number of amides is 1. The molecule has 0 aliphatic carbocycles. The van der Waals surface area contributed by atoms with E-state index in [0.717, 1.165) is 23.1 Å². The summed E-state index contributed by atoms with van der Waals surface area (Å²) in [7, 11) is 1.35. The van der Waals surface area contributed by atoms with Gasteiger partial charge in [0, 0.05) is 16.0 Å². The molecule has 0 radical (unpaired) electrons. The van der Waals surface area contributed by atoms with E-state index in [4.69, 9.17) is 4.74 Å². The van der Waals surface area contributed by atoms with Gasteiger partial charge in [0.2, 0.25) is 0 Å². The van der Waals surface area contributed by atoms with Crippen molar-refractivity contribution < 1.29 is 33.3 Å². The largest absolute Gasteiger partial charge is 0.507 e. The second-order valence-corrected chi connectivity index (χ2v) is 8.07.